The maximum atomic E-state index is 11.3. The first-order valence-corrected chi connectivity index (χ1v) is 6.17. The maximum absolute atomic E-state index is 11.3. The SMILES string of the molecule is C[C@H](NS(=O)(=O)NC(=O)OC(C)(C)C)C(=O)O. The molecule has 0 aliphatic heterocycles. The van der Waals surface area contributed by atoms with Gasteiger partial charge in [-0.3, -0.25) is 4.79 Å². The van der Waals surface area contributed by atoms with E-state index in [0.29, 0.717) is 0 Å². The highest BCUT2D eigenvalue weighted by Crippen LogP contribution is 2.06. The number of carboxylic acid groups (broad SMARTS) is 1. The third-order valence-corrected chi connectivity index (χ3v) is 2.42. The molecule has 1 amide bonds. The minimum atomic E-state index is -4.25. The molecule has 0 fully saturated rings. The number of carbonyl (C=O) groups excluding carboxylic acids is 1. The Morgan fingerprint density at radius 2 is 1.76 bits per heavy atom. The molecule has 0 heterocycles. The molecule has 1 atom stereocenters. The number of carboxylic acids is 1. The number of amides is 1. The van der Waals surface area contributed by atoms with Gasteiger partial charge < -0.3 is 9.84 Å². The average molecular weight is 268 g/mol. The first kappa shape index (κ1) is 15.7. The molecule has 0 aliphatic carbocycles. The van der Waals surface area contributed by atoms with E-state index in [4.69, 9.17) is 9.84 Å². The molecular formula is C8H16N2O6S. The predicted molar refractivity (Wildman–Crippen MR) is 58.5 cm³/mol. The van der Waals surface area contributed by atoms with Gasteiger partial charge in [0.15, 0.2) is 0 Å². The second-order valence-corrected chi connectivity index (χ2v) is 5.73. The highest BCUT2D eigenvalue weighted by molar-refractivity contribution is 7.88. The van der Waals surface area contributed by atoms with E-state index in [9.17, 15) is 18.0 Å². The molecule has 0 saturated carbocycles. The fourth-order valence-electron chi connectivity index (χ4n) is 0.721. The molecule has 0 aliphatic rings. The zero-order chi connectivity index (χ0) is 13.9. The second-order valence-electron chi connectivity index (χ2n) is 4.29. The van der Waals surface area contributed by atoms with Gasteiger partial charge >= 0.3 is 22.3 Å². The Bertz CT molecular complexity index is 397. The van der Waals surface area contributed by atoms with Gasteiger partial charge in [0, 0.05) is 0 Å². The van der Waals surface area contributed by atoms with Crippen LogP contribution in [0.25, 0.3) is 0 Å². The smallest absolute Gasteiger partial charge is 0.422 e. The van der Waals surface area contributed by atoms with Crippen molar-refractivity contribution >= 4 is 22.3 Å². The summed E-state index contributed by atoms with van der Waals surface area (Å²) in [6, 6.07) is -1.35. The fraction of sp³-hybridized carbons (Fsp3) is 0.750. The highest BCUT2D eigenvalue weighted by Gasteiger charge is 2.24. The molecule has 9 heteroatoms. The summed E-state index contributed by atoms with van der Waals surface area (Å²) in [5.41, 5.74) is -0.849. The number of aliphatic carboxylic acids is 1. The minimum absolute atomic E-state index is 0.849. The zero-order valence-electron chi connectivity index (χ0n) is 9.97. The van der Waals surface area contributed by atoms with Crippen LogP contribution in [0.15, 0.2) is 0 Å². The summed E-state index contributed by atoms with van der Waals surface area (Å²) in [7, 11) is -4.25. The maximum Gasteiger partial charge on any atom is 0.422 e. The highest BCUT2D eigenvalue weighted by atomic mass is 32.2. The van der Waals surface area contributed by atoms with Crippen molar-refractivity contribution in [1.82, 2.24) is 9.44 Å². The van der Waals surface area contributed by atoms with Crippen molar-refractivity contribution in [3.8, 4) is 0 Å². The molecule has 8 nitrogen and oxygen atoms in total. The van der Waals surface area contributed by atoms with Crippen LogP contribution in [0.2, 0.25) is 0 Å². The topological polar surface area (TPSA) is 122 Å². The Morgan fingerprint density at radius 3 is 2.12 bits per heavy atom. The van der Waals surface area contributed by atoms with E-state index in [2.05, 4.69) is 0 Å². The lowest BCUT2D eigenvalue weighted by molar-refractivity contribution is -0.138. The normalized spacial score (nSPS) is 13.9. The van der Waals surface area contributed by atoms with E-state index >= 15 is 0 Å². The van der Waals surface area contributed by atoms with E-state index in [1.165, 1.54) is 4.72 Å². The van der Waals surface area contributed by atoms with Crippen LogP contribution in [-0.4, -0.2) is 37.2 Å². The van der Waals surface area contributed by atoms with Crippen LogP contribution in [0, 0.1) is 0 Å². The van der Waals surface area contributed by atoms with Crippen molar-refractivity contribution < 1.29 is 27.9 Å². The number of hydrogen-bond acceptors (Lipinski definition) is 5. The number of nitrogens with one attached hydrogen (secondary N) is 2. The zero-order valence-corrected chi connectivity index (χ0v) is 10.8. The van der Waals surface area contributed by atoms with E-state index in [1.807, 2.05) is 0 Å². The van der Waals surface area contributed by atoms with Gasteiger partial charge in [0.1, 0.15) is 11.6 Å². The Hall–Kier alpha value is -1.35. The molecule has 0 radical (unpaired) electrons. The van der Waals surface area contributed by atoms with Gasteiger partial charge in [0.25, 0.3) is 0 Å². The van der Waals surface area contributed by atoms with Crippen molar-refractivity contribution in [3.63, 3.8) is 0 Å². The Morgan fingerprint density at radius 1 is 1.29 bits per heavy atom. The molecule has 0 saturated heterocycles. The largest absolute Gasteiger partial charge is 0.480 e. The second kappa shape index (κ2) is 5.32. The Labute approximate surface area is 99.5 Å². The molecule has 3 N–H and O–H groups in total. The van der Waals surface area contributed by atoms with Crippen molar-refractivity contribution in [2.75, 3.05) is 0 Å². The van der Waals surface area contributed by atoms with Gasteiger partial charge in [-0.1, -0.05) is 0 Å². The third kappa shape index (κ3) is 7.53. The quantitative estimate of drug-likeness (QED) is 0.650. The van der Waals surface area contributed by atoms with Gasteiger partial charge in [-0.25, -0.2) is 9.52 Å². The molecule has 0 spiro atoms. The van der Waals surface area contributed by atoms with Crippen LogP contribution in [0.3, 0.4) is 0 Å². The first-order chi connectivity index (χ1) is 7.43. The fourth-order valence-corrected chi connectivity index (χ4v) is 1.61. The summed E-state index contributed by atoms with van der Waals surface area (Å²) >= 11 is 0. The Kier molecular flexibility index (Phi) is 4.90. The van der Waals surface area contributed by atoms with Crippen LogP contribution in [0.4, 0.5) is 4.79 Å². The molecule has 0 aromatic carbocycles. The minimum Gasteiger partial charge on any atom is -0.480 e. The molecule has 100 valence electrons. The number of carbonyl (C=O) groups is 2. The van der Waals surface area contributed by atoms with Crippen LogP contribution in [0.1, 0.15) is 27.7 Å². The molecule has 17 heavy (non-hydrogen) atoms. The summed E-state index contributed by atoms with van der Waals surface area (Å²) in [6.45, 7) is 5.81. The molecular weight excluding hydrogens is 252 g/mol. The standard InChI is InChI=1S/C8H16N2O6S/c1-5(6(11)12)9-17(14,15)10-7(13)16-8(2,3)4/h5,9H,1-4H3,(H,10,13)(H,11,12)/t5-/m0/s1. The predicted octanol–water partition coefficient (Wildman–Crippen LogP) is -0.181. The van der Waals surface area contributed by atoms with Crippen molar-refractivity contribution in [2.45, 2.75) is 39.3 Å². The van der Waals surface area contributed by atoms with Crippen molar-refractivity contribution in [3.05, 3.63) is 0 Å². The van der Waals surface area contributed by atoms with E-state index < -0.39 is 33.9 Å². The third-order valence-electron chi connectivity index (χ3n) is 1.32. The van der Waals surface area contributed by atoms with Gasteiger partial charge in [0.2, 0.25) is 0 Å². The molecule has 0 aromatic heterocycles. The van der Waals surface area contributed by atoms with Crippen molar-refractivity contribution in [1.29, 1.82) is 0 Å². The van der Waals surface area contributed by atoms with Gasteiger partial charge in [0.05, 0.1) is 0 Å². The van der Waals surface area contributed by atoms with E-state index in [1.54, 1.807) is 25.5 Å². The van der Waals surface area contributed by atoms with Crippen LogP contribution >= 0.6 is 0 Å². The average Bonchev–Trinajstić information content (AvgIpc) is 1.96. The van der Waals surface area contributed by atoms with Crippen LogP contribution < -0.4 is 9.44 Å². The van der Waals surface area contributed by atoms with E-state index in [0.717, 1.165) is 6.92 Å². The Balaban J connectivity index is 4.47. The first-order valence-electron chi connectivity index (χ1n) is 4.69. The summed E-state index contributed by atoms with van der Waals surface area (Å²) in [4.78, 5) is 21.5. The van der Waals surface area contributed by atoms with Crippen LogP contribution in [-0.2, 0) is 19.7 Å². The lowest BCUT2D eigenvalue weighted by atomic mass is 10.2. The summed E-state index contributed by atoms with van der Waals surface area (Å²) < 4.78 is 30.5. The lowest BCUT2D eigenvalue weighted by Gasteiger charge is -2.20. The summed E-state index contributed by atoms with van der Waals surface area (Å²) in [6.07, 6.45) is -1.18. The van der Waals surface area contributed by atoms with Gasteiger partial charge in [-0.15, -0.1) is 0 Å². The molecule has 0 aromatic rings. The lowest BCUT2D eigenvalue weighted by Crippen LogP contribution is -2.48. The molecule has 0 rings (SSSR count). The number of hydrogen-bond donors (Lipinski definition) is 3. The van der Waals surface area contributed by atoms with Gasteiger partial charge in [-0.2, -0.15) is 13.1 Å². The van der Waals surface area contributed by atoms with E-state index in [-0.39, 0.29) is 0 Å². The van der Waals surface area contributed by atoms with Crippen LogP contribution in [0.5, 0.6) is 0 Å². The number of ether oxygens (including phenoxy) is 1. The molecule has 0 bridgehead atoms. The molecule has 0 unspecified atom stereocenters. The summed E-state index contributed by atoms with van der Waals surface area (Å²) in [5, 5.41) is 8.50. The van der Waals surface area contributed by atoms with Crippen molar-refractivity contribution in [2.24, 2.45) is 0 Å². The summed E-state index contributed by atoms with van der Waals surface area (Å²) in [5.74, 6) is -1.36. The number of rotatable bonds is 4. The monoisotopic (exact) mass is 268 g/mol. The van der Waals surface area contributed by atoms with Gasteiger partial charge in [-0.05, 0) is 27.7 Å².